The molecule has 1 aliphatic heterocycles. The van der Waals surface area contributed by atoms with Crippen LogP contribution in [0.4, 0.5) is 0 Å². The number of ether oxygens (including phenoxy) is 2. The second-order valence-corrected chi connectivity index (χ2v) is 7.06. The van der Waals surface area contributed by atoms with Gasteiger partial charge >= 0.3 is 0 Å². The summed E-state index contributed by atoms with van der Waals surface area (Å²) in [5.74, 6) is 1.99. The van der Waals surface area contributed by atoms with Crippen molar-refractivity contribution in [3.05, 3.63) is 34.7 Å². The highest BCUT2D eigenvalue weighted by Gasteiger charge is 2.27. The fourth-order valence-corrected chi connectivity index (χ4v) is 3.87. The molecule has 0 amide bonds. The Hall–Kier alpha value is -1.39. The van der Waals surface area contributed by atoms with Crippen molar-refractivity contribution in [1.29, 1.82) is 0 Å². The molecule has 2 atom stereocenters. The van der Waals surface area contributed by atoms with Crippen molar-refractivity contribution >= 4 is 11.3 Å². The Morgan fingerprint density at radius 1 is 1.27 bits per heavy atom. The molecular formula is C18H23NO2S. The molecule has 0 saturated carbocycles. The molecule has 3 nitrogen and oxygen atoms in total. The average Bonchev–Trinajstić information content (AvgIpc) is 3.05. The van der Waals surface area contributed by atoms with Gasteiger partial charge in [0.05, 0.1) is 23.9 Å². The van der Waals surface area contributed by atoms with Gasteiger partial charge in [-0.05, 0) is 43.0 Å². The van der Waals surface area contributed by atoms with Crippen molar-refractivity contribution in [1.82, 2.24) is 4.98 Å². The van der Waals surface area contributed by atoms with E-state index in [0.29, 0.717) is 17.9 Å². The first-order valence-corrected chi connectivity index (χ1v) is 8.76. The smallest absolute Gasteiger partial charge is 0.118 e. The number of methoxy groups -OCH3 is 1. The fourth-order valence-electron chi connectivity index (χ4n) is 2.89. The van der Waals surface area contributed by atoms with Crippen molar-refractivity contribution in [3.8, 4) is 17.0 Å². The predicted molar refractivity (Wildman–Crippen MR) is 90.7 cm³/mol. The van der Waals surface area contributed by atoms with E-state index in [2.05, 4.69) is 31.4 Å². The van der Waals surface area contributed by atoms with E-state index in [9.17, 15) is 0 Å². The molecule has 1 aliphatic rings. The van der Waals surface area contributed by atoms with Crippen LogP contribution in [0, 0.1) is 5.92 Å². The first kappa shape index (κ1) is 15.5. The lowest BCUT2D eigenvalue weighted by molar-refractivity contribution is -0.0201. The van der Waals surface area contributed by atoms with Gasteiger partial charge in [0.15, 0.2) is 0 Å². The molecule has 0 radical (unpaired) electrons. The minimum Gasteiger partial charge on any atom is -0.497 e. The molecule has 0 N–H and O–H groups in total. The van der Waals surface area contributed by atoms with E-state index in [1.54, 1.807) is 18.4 Å². The first-order valence-electron chi connectivity index (χ1n) is 7.89. The number of thiazole rings is 1. The molecule has 1 fully saturated rings. The van der Waals surface area contributed by atoms with Gasteiger partial charge in [-0.2, -0.15) is 0 Å². The number of rotatable bonds is 4. The average molecular weight is 317 g/mol. The van der Waals surface area contributed by atoms with Gasteiger partial charge in [-0.1, -0.05) is 13.8 Å². The molecule has 1 aromatic heterocycles. The van der Waals surface area contributed by atoms with Crippen LogP contribution in [-0.4, -0.2) is 24.8 Å². The summed E-state index contributed by atoms with van der Waals surface area (Å²) in [4.78, 5) is 4.88. The molecule has 4 heteroatoms. The predicted octanol–water partition coefficient (Wildman–Crippen LogP) is 4.74. The molecule has 3 rings (SSSR count). The highest BCUT2D eigenvalue weighted by atomic mass is 32.1. The highest BCUT2D eigenvalue weighted by molar-refractivity contribution is 7.10. The summed E-state index contributed by atoms with van der Waals surface area (Å²) < 4.78 is 11.1. The molecule has 1 saturated heterocycles. The largest absolute Gasteiger partial charge is 0.497 e. The molecule has 0 bridgehead atoms. The Balaban J connectivity index is 1.75. The van der Waals surface area contributed by atoms with Gasteiger partial charge < -0.3 is 9.47 Å². The van der Waals surface area contributed by atoms with Crippen LogP contribution in [0.1, 0.15) is 37.6 Å². The van der Waals surface area contributed by atoms with E-state index in [0.717, 1.165) is 36.5 Å². The summed E-state index contributed by atoms with van der Waals surface area (Å²) in [6.45, 7) is 5.32. The minimum atomic E-state index is 0.368. The van der Waals surface area contributed by atoms with Crippen LogP contribution >= 0.6 is 11.3 Å². The third kappa shape index (κ3) is 3.33. The summed E-state index contributed by atoms with van der Waals surface area (Å²) >= 11 is 1.78. The van der Waals surface area contributed by atoms with Gasteiger partial charge in [-0.3, -0.25) is 0 Å². The normalized spacial score (nSPS) is 22.0. The molecule has 0 aliphatic carbocycles. The zero-order valence-electron chi connectivity index (χ0n) is 13.4. The zero-order chi connectivity index (χ0) is 15.5. The van der Waals surface area contributed by atoms with Crippen molar-refractivity contribution < 1.29 is 9.47 Å². The molecule has 2 aromatic rings. The van der Waals surface area contributed by atoms with Crippen LogP contribution in [0.5, 0.6) is 5.75 Å². The monoisotopic (exact) mass is 317 g/mol. The number of hydrogen-bond acceptors (Lipinski definition) is 4. The summed E-state index contributed by atoms with van der Waals surface area (Å²) in [5, 5.41) is 3.41. The first-order chi connectivity index (χ1) is 10.7. The van der Waals surface area contributed by atoms with E-state index in [4.69, 9.17) is 14.5 Å². The number of benzene rings is 1. The Bertz CT molecular complexity index is 606. The molecule has 118 valence electrons. The maximum atomic E-state index is 5.87. The summed E-state index contributed by atoms with van der Waals surface area (Å²) in [7, 11) is 1.69. The van der Waals surface area contributed by atoms with Crippen LogP contribution in [-0.2, 0) is 4.74 Å². The van der Waals surface area contributed by atoms with Gasteiger partial charge in [0, 0.05) is 23.5 Å². The van der Waals surface area contributed by atoms with E-state index in [1.807, 2.05) is 12.1 Å². The summed E-state index contributed by atoms with van der Waals surface area (Å²) in [6, 6.07) is 8.10. The lowest BCUT2D eigenvalue weighted by Gasteiger charge is -2.30. The second kappa shape index (κ2) is 6.80. The van der Waals surface area contributed by atoms with Crippen LogP contribution in [0.3, 0.4) is 0 Å². The molecule has 0 unspecified atom stereocenters. The van der Waals surface area contributed by atoms with Gasteiger partial charge in [-0.25, -0.2) is 4.98 Å². The molecular weight excluding hydrogens is 294 g/mol. The third-order valence-corrected chi connectivity index (χ3v) is 5.32. The molecule has 0 spiro atoms. The Kier molecular flexibility index (Phi) is 4.79. The van der Waals surface area contributed by atoms with Crippen molar-refractivity contribution in [3.63, 3.8) is 0 Å². The summed E-state index contributed by atoms with van der Waals surface area (Å²) in [5.41, 5.74) is 2.21. The van der Waals surface area contributed by atoms with E-state index in [-0.39, 0.29) is 0 Å². The maximum absolute atomic E-state index is 5.87. The highest BCUT2D eigenvalue weighted by Crippen LogP contribution is 2.36. The maximum Gasteiger partial charge on any atom is 0.118 e. The standard InChI is InChI=1S/C18H23NO2S/c1-12(2)17-10-14(8-9-21-17)18-19-16(11-22-18)13-4-6-15(20-3)7-5-13/h4-7,11-12,14,17H,8-10H2,1-3H3/t14-,17-/m0/s1. The van der Waals surface area contributed by atoms with Gasteiger partial charge in [0.1, 0.15) is 5.75 Å². The molecule has 1 aromatic carbocycles. The number of hydrogen-bond donors (Lipinski definition) is 0. The van der Waals surface area contributed by atoms with Gasteiger partial charge in [0.2, 0.25) is 0 Å². The van der Waals surface area contributed by atoms with E-state index < -0.39 is 0 Å². The topological polar surface area (TPSA) is 31.4 Å². The quantitative estimate of drug-likeness (QED) is 0.816. The van der Waals surface area contributed by atoms with E-state index >= 15 is 0 Å². The zero-order valence-corrected chi connectivity index (χ0v) is 14.2. The fraction of sp³-hybridized carbons (Fsp3) is 0.500. The lowest BCUT2D eigenvalue weighted by Crippen LogP contribution is -2.28. The van der Waals surface area contributed by atoms with Crippen molar-refractivity contribution in [2.75, 3.05) is 13.7 Å². The van der Waals surface area contributed by atoms with Crippen LogP contribution < -0.4 is 4.74 Å². The van der Waals surface area contributed by atoms with Gasteiger partial charge in [-0.15, -0.1) is 11.3 Å². The lowest BCUT2D eigenvalue weighted by atomic mass is 9.91. The third-order valence-electron chi connectivity index (χ3n) is 4.32. The Labute approximate surface area is 136 Å². The minimum absolute atomic E-state index is 0.368. The van der Waals surface area contributed by atoms with Crippen LogP contribution in [0.25, 0.3) is 11.3 Å². The van der Waals surface area contributed by atoms with E-state index in [1.165, 1.54) is 5.01 Å². The van der Waals surface area contributed by atoms with Crippen LogP contribution in [0.2, 0.25) is 0 Å². The Morgan fingerprint density at radius 3 is 2.73 bits per heavy atom. The molecule has 22 heavy (non-hydrogen) atoms. The van der Waals surface area contributed by atoms with Crippen LogP contribution in [0.15, 0.2) is 29.6 Å². The number of nitrogens with zero attached hydrogens (tertiary/aromatic N) is 1. The summed E-state index contributed by atoms with van der Waals surface area (Å²) in [6.07, 6.45) is 2.54. The van der Waals surface area contributed by atoms with Gasteiger partial charge in [0.25, 0.3) is 0 Å². The molecule has 2 heterocycles. The second-order valence-electron chi connectivity index (χ2n) is 6.17. The number of aromatic nitrogens is 1. The van der Waals surface area contributed by atoms with Crippen molar-refractivity contribution in [2.45, 2.75) is 38.7 Å². The Morgan fingerprint density at radius 2 is 2.05 bits per heavy atom. The van der Waals surface area contributed by atoms with Crippen molar-refractivity contribution in [2.24, 2.45) is 5.92 Å². The SMILES string of the molecule is COc1ccc(-c2csc([C@H]3CCO[C@H](C(C)C)C3)n2)cc1.